The van der Waals surface area contributed by atoms with E-state index in [1.54, 1.807) is 24.3 Å². The Kier molecular flexibility index (Phi) is 4.52. The molecule has 0 aromatic heterocycles. The normalized spacial score (nSPS) is 12.1. The molecule has 1 rings (SSSR count). The summed E-state index contributed by atoms with van der Waals surface area (Å²) in [5, 5.41) is 8.13. The molecule has 0 spiro atoms. The maximum absolute atomic E-state index is 10.9. The highest BCUT2D eigenvalue weighted by Crippen LogP contribution is 2.14. The van der Waals surface area contributed by atoms with E-state index in [1.165, 1.54) is 0 Å². The smallest absolute Gasteiger partial charge is 0.303 e. The van der Waals surface area contributed by atoms with Crippen molar-refractivity contribution in [1.29, 1.82) is 0 Å². The summed E-state index contributed by atoms with van der Waals surface area (Å²) in [6.45, 7) is 0. The van der Waals surface area contributed by atoms with Crippen molar-refractivity contribution in [2.24, 2.45) is 5.73 Å². The van der Waals surface area contributed by atoms with Gasteiger partial charge >= 0.3 is 5.97 Å². The number of benzene rings is 1. The highest BCUT2D eigenvalue weighted by molar-refractivity contribution is 7.96. The van der Waals surface area contributed by atoms with Gasteiger partial charge < -0.3 is 10.8 Å². The van der Waals surface area contributed by atoms with E-state index in [0.29, 0.717) is 12.0 Å². The van der Waals surface area contributed by atoms with Crippen LogP contribution in [0.3, 0.4) is 0 Å². The zero-order valence-corrected chi connectivity index (χ0v) is 9.48. The van der Waals surface area contributed by atoms with Crippen molar-refractivity contribution in [2.45, 2.75) is 18.9 Å². The molecule has 5 heteroatoms. The average molecular weight is 239 g/mol. The van der Waals surface area contributed by atoms with Gasteiger partial charge in [-0.1, -0.05) is 24.3 Å². The van der Waals surface area contributed by atoms with Crippen LogP contribution in [0.25, 0.3) is 0 Å². The first-order chi connectivity index (χ1) is 7.50. The van der Waals surface area contributed by atoms with Gasteiger partial charge in [0.1, 0.15) is 0 Å². The molecule has 3 N–H and O–H groups in total. The van der Waals surface area contributed by atoms with Crippen molar-refractivity contribution < 1.29 is 14.7 Å². The number of aliphatic carboxylic acids is 1. The van der Waals surface area contributed by atoms with Crippen LogP contribution in [0.4, 0.5) is 0 Å². The number of hydrogen-bond acceptors (Lipinski definition) is 3. The van der Waals surface area contributed by atoms with Crippen molar-refractivity contribution in [3.05, 3.63) is 35.4 Å². The molecule has 1 atom stereocenters. The molecule has 0 heterocycles. The van der Waals surface area contributed by atoms with Crippen LogP contribution in [0, 0.1) is 0 Å². The summed E-state index contributed by atoms with van der Waals surface area (Å²) >= 11 is 3.66. The number of nitrogens with two attached hydrogens (primary N) is 1. The van der Waals surface area contributed by atoms with Crippen molar-refractivity contribution >= 4 is 23.7 Å². The summed E-state index contributed by atoms with van der Waals surface area (Å²) in [6, 6.07) is 6.26. The Morgan fingerprint density at radius 2 is 1.88 bits per heavy atom. The van der Waals surface area contributed by atoms with E-state index in [9.17, 15) is 9.59 Å². The van der Waals surface area contributed by atoms with Crippen LogP contribution >= 0.6 is 12.6 Å². The second-order valence-electron chi connectivity index (χ2n) is 3.45. The molecule has 0 saturated carbocycles. The third kappa shape index (κ3) is 3.67. The van der Waals surface area contributed by atoms with Gasteiger partial charge in [0, 0.05) is 6.42 Å². The number of carbonyl (C=O) groups excluding carboxylic acids is 1. The molecule has 0 aliphatic carbocycles. The number of aryl methyl sites for hydroxylation is 1. The van der Waals surface area contributed by atoms with Crippen molar-refractivity contribution in [3.63, 3.8) is 0 Å². The first-order valence-electron chi connectivity index (χ1n) is 4.79. The minimum atomic E-state index is -0.827. The molecule has 1 aromatic carbocycles. The van der Waals surface area contributed by atoms with E-state index in [4.69, 9.17) is 10.8 Å². The Morgan fingerprint density at radius 3 is 2.31 bits per heavy atom. The average Bonchev–Trinajstić information content (AvgIpc) is 2.26. The third-order valence-electron chi connectivity index (χ3n) is 2.23. The van der Waals surface area contributed by atoms with Gasteiger partial charge in [0.05, 0.1) is 6.04 Å². The summed E-state index contributed by atoms with van der Waals surface area (Å²) in [6.07, 6.45) is 0.566. The summed E-state index contributed by atoms with van der Waals surface area (Å²) < 4.78 is 0. The molecule has 0 fully saturated rings. The van der Waals surface area contributed by atoms with E-state index in [-0.39, 0.29) is 6.42 Å². The molecular weight excluding hydrogens is 226 g/mol. The fourth-order valence-corrected chi connectivity index (χ4v) is 1.43. The summed E-state index contributed by atoms with van der Waals surface area (Å²) in [5.41, 5.74) is 7.18. The molecule has 0 aliphatic heterocycles. The van der Waals surface area contributed by atoms with Crippen LogP contribution in [0.15, 0.2) is 24.3 Å². The quantitative estimate of drug-likeness (QED) is 0.674. The molecule has 16 heavy (non-hydrogen) atoms. The number of carbonyl (C=O) groups is 2. The topological polar surface area (TPSA) is 80.4 Å². The number of carboxylic acid groups (broad SMARTS) is 1. The third-order valence-corrected chi connectivity index (χ3v) is 2.51. The minimum absolute atomic E-state index is 0.0941. The molecular formula is C11H13NO3S. The van der Waals surface area contributed by atoms with Gasteiger partial charge in [0.2, 0.25) is 5.12 Å². The molecule has 0 bridgehead atoms. The number of carboxylic acids is 1. The Labute approximate surface area is 98.9 Å². The molecule has 0 radical (unpaired) electrons. The standard InChI is InChI=1S/C11H13NO3S/c12-10(11(15)16)8-4-1-7(2-5-8)3-6-9(13)14/h1-2,4-5,10H,3,6,12H2,(H,13,14)(H,15,16)/t10-/m1/s1. The predicted octanol–water partition coefficient (Wildman–Crippen LogP) is 1.16. The lowest BCUT2D eigenvalue weighted by atomic mass is 10.0. The molecule has 1 aromatic rings. The molecule has 0 aliphatic rings. The van der Waals surface area contributed by atoms with Gasteiger partial charge in [-0.3, -0.25) is 9.59 Å². The molecule has 0 unspecified atom stereocenters. The van der Waals surface area contributed by atoms with Crippen LogP contribution < -0.4 is 5.73 Å². The Morgan fingerprint density at radius 1 is 1.31 bits per heavy atom. The van der Waals surface area contributed by atoms with E-state index in [0.717, 1.165) is 5.56 Å². The fraction of sp³-hybridized carbons (Fsp3) is 0.273. The first kappa shape index (κ1) is 12.7. The van der Waals surface area contributed by atoms with Gasteiger partial charge in [-0.05, 0) is 17.5 Å². The zero-order chi connectivity index (χ0) is 12.1. The second kappa shape index (κ2) is 5.67. The van der Waals surface area contributed by atoms with Crippen LogP contribution in [0.1, 0.15) is 23.6 Å². The molecule has 0 amide bonds. The van der Waals surface area contributed by atoms with Crippen LogP contribution in [0.5, 0.6) is 0 Å². The van der Waals surface area contributed by atoms with Crippen LogP contribution in [0.2, 0.25) is 0 Å². The van der Waals surface area contributed by atoms with Crippen LogP contribution in [-0.2, 0) is 16.0 Å². The van der Waals surface area contributed by atoms with Gasteiger partial charge in [0.25, 0.3) is 0 Å². The number of hydrogen-bond donors (Lipinski definition) is 3. The lowest BCUT2D eigenvalue weighted by molar-refractivity contribution is -0.137. The van der Waals surface area contributed by atoms with Crippen molar-refractivity contribution in [3.8, 4) is 0 Å². The van der Waals surface area contributed by atoms with E-state index < -0.39 is 17.1 Å². The highest BCUT2D eigenvalue weighted by atomic mass is 32.1. The highest BCUT2D eigenvalue weighted by Gasteiger charge is 2.11. The Balaban J connectivity index is 2.67. The van der Waals surface area contributed by atoms with Gasteiger partial charge in [-0.2, -0.15) is 0 Å². The molecule has 0 saturated heterocycles. The van der Waals surface area contributed by atoms with E-state index in [2.05, 4.69) is 12.6 Å². The van der Waals surface area contributed by atoms with E-state index in [1.807, 2.05) is 0 Å². The van der Waals surface area contributed by atoms with Crippen molar-refractivity contribution in [2.75, 3.05) is 0 Å². The van der Waals surface area contributed by atoms with Crippen LogP contribution in [-0.4, -0.2) is 16.2 Å². The summed E-state index contributed by atoms with van der Waals surface area (Å²) in [7, 11) is 0. The minimum Gasteiger partial charge on any atom is -0.481 e. The molecule has 86 valence electrons. The zero-order valence-electron chi connectivity index (χ0n) is 8.59. The van der Waals surface area contributed by atoms with Gasteiger partial charge in [-0.25, -0.2) is 0 Å². The SMILES string of the molecule is N[C@@H](C(=O)S)c1ccc(CCC(=O)O)cc1. The lowest BCUT2D eigenvalue weighted by Crippen LogP contribution is -2.16. The Hall–Kier alpha value is -1.33. The number of rotatable bonds is 5. The van der Waals surface area contributed by atoms with Crippen molar-refractivity contribution in [1.82, 2.24) is 0 Å². The fourth-order valence-electron chi connectivity index (χ4n) is 1.29. The van der Waals surface area contributed by atoms with Gasteiger partial charge in [0.15, 0.2) is 0 Å². The summed E-state index contributed by atoms with van der Waals surface area (Å²) in [4.78, 5) is 21.3. The Bertz CT molecular complexity index is 389. The monoisotopic (exact) mass is 239 g/mol. The maximum Gasteiger partial charge on any atom is 0.303 e. The molecule has 4 nitrogen and oxygen atoms in total. The maximum atomic E-state index is 10.9. The largest absolute Gasteiger partial charge is 0.481 e. The first-order valence-corrected chi connectivity index (χ1v) is 5.24. The second-order valence-corrected chi connectivity index (χ2v) is 3.89. The van der Waals surface area contributed by atoms with E-state index >= 15 is 0 Å². The lowest BCUT2D eigenvalue weighted by Gasteiger charge is -2.08. The predicted molar refractivity (Wildman–Crippen MR) is 63.3 cm³/mol. The van der Waals surface area contributed by atoms with Gasteiger partial charge in [-0.15, -0.1) is 12.6 Å². The number of thiol groups is 1. The summed E-state index contributed by atoms with van der Waals surface area (Å²) in [5.74, 6) is -0.827.